The first kappa shape index (κ1) is 18.4. The molecule has 0 amide bonds. The molecule has 0 spiro atoms. The molecule has 0 aliphatic rings. The van der Waals surface area contributed by atoms with E-state index < -0.39 is 0 Å². The van der Waals surface area contributed by atoms with Crippen molar-refractivity contribution in [2.75, 3.05) is 0 Å². The Hall–Kier alpha value is 2.03. The van der Waals surface area contributed by atoms with Crippen LogP contribution in [-0.4, -0.2) is 4.57 Å². The Balaban J connectivity index is 0. The van der Waals surface area contributed by atoms with Crippen LogP contribution < -0.4 is 103 Å². The van der Waals surface area contributed by atoms with Crippen molar-refractivity contribution in [2.45, 2.75) is 6.92 Å². The van der Waals surface area contributed by atoms with E-state index in [2.05, 4.69) is 42.8 Å². The second-order valence-electron chi connectivity index (χ2n) is 2.79. The molecule has 64 valence electrons. The monoisotopic (exact) mass is 237 g/mol. The molecule has 0 aliphatic carbocycles. The predicted molar refractivity (Wildman–Crippen MR) is 52.9 cm³/mol. The van der Waals surface area contributed by atoms with Gasteiger partial charge in [0, 0.05) is 0 Å². The van der Waals surface area contributed by atoms with E-state index in [1.54, 1.807) is 0 Å². The summed E-state index contributed by atoms with van der Waals surface area (Å²) in [5.74, 6) is 0. The van der Waals surface area contributed by atoms with Crippen LogP contribution in [0.15, 0.2) is 24.3 Å². The number of nitrogens with zero attached hydrogens (tertiary/aromatic N) is 1. The maximum Gasteiger partial charge on any atom is 1.00 e. The molecule has 3 heteroatoms. The van der Waals surface area contributed by atoms with Crippen molar-refractivity contribution in [1.29, 1.82) is 0 Å². The Morgan fingerprint density at radius 2 is 1.71 bits per heavy atom. The smallest absolute Gasteiger partial charge is 0.411 e. The fraction of sp³-hybridized carbons (Fsp3) is 0.182. The Morgan fingerprint density at radius 1 is 1.14 bits per heavy atom. The van der Waals surface area contributed by atoms with E-state index in [1.165, 1.54) is 16.6 Å². The van der Waals surface area contributed by atoms with Gasteiger partial charge >= 0.3 is 103 Å². The average molecular weight is 237 g/mol. The fourth-order valence-electron chi connectivity index (χ4n) is 1.33. The topological polar surface area (TPSA) is 4.93 Å². The van der Waals surface area contributed by atoms with Gasteiger partial charge in [-0.05, 0) is 14.0 Å². The number of rotatable bonds is 0. The SMILES string of the molecule is Cc1[c-]c2ccccc2n1C.[CH3-].[K+].[K+]. The summed E-state index contributed by atoms with van der Waals surface area (Å²) in [4.78, 5) is 0. The van der Waals surface area contributed by atoms with E-state index in [4.69, 9.17) is 0 Å². The molecule has 0 fully saturated rings. The van der Waals surface area contributed by atoms with Crippen molar-refractivity contribution in [3.05, 3.63) is 43.5 Å². The minimum absolute atomic E-state index is 0. The molecule has 1 nitrogen and oxygen atoms in total. The third kappa shape index (κ3) is 3.80. The number of para-hydroxylation sites is 1. The first-order valence-electron chi connectivity index (χ1n) is 3.72. The van der Waals surface area contributed by atoms with Crippen LogP contribution in [0.1, 0.15) is 5.69 Å². The Morgan fingerprint density at radius 3 is 2.29 bits per heavy atom. The standard InChI is InChI=1S/C10H10N.CH3.2K/c1-8-7-9-5-3-4-6-10(9)11(8)2;;;/h3-6H,1-2H3;1H3;;/q2*-1;2*+1. The summed E-state index contributed by atoms with van der Waals surface area (Å²) >= 11 is 0. The molecular formula is C11H13K2N. The van der Waals surface area contributed by atoms with Gasteiger partial charge in [0.1, 0.15) is 0 Å². The van der Waals surface area contributed by atoms with Gasteiger partial charge in [-0.3, -0.25) is 0 Å². The Labute approximate surface area is 171 Å². The van der Waals surface area contributed by atoms with Gasteiger partial charge in [0.2, 0.25) is 0 Å². The van der Waals surface area contributed by atoms with Crippen LogP contribution in [0.25, 0.3) is 10.9 Å². The first-order valence-corrected chi connectivity index (χ1v) is 3.72. The molecule has 1 aromatic heterocycles. The summed E-state index contributed by atoms with van der Waals surface area (Å²) in [6.07, 6.45) is 0. The maximum atomic E-state index is 3.29. The van der Waals surface area contributed by atoms with E-state index in [-0.39, 0.29) is 110 Å². The molecule has 0 N–H and O–H groups in total. The normalized spacial score (nSPS) is 8.43. The summed E-state index contributed by atoms with van der Waals surface area (Å²) in [5, 5.41) is 1.20. The van der Waals surface area contributed by atoms with Crippen LogP contribution in [-0.2, 0) is 7.05 Å². The minimum Gasteiger partial charge on any atom is -0.411 e. The van der Waals surface area contributed by atoms with E-state index in [0.29, 0.717) is 0 Å². The van der Waals surface area contributed by atoms with Crippen LogP contribution in [0.5, 0.6) is 0 Å². The number of fused-ring (bicyclic) bond motifs is 1. The molecule has 0 saturated heterocycles. The third-order valence-electron chi connectivity index (χ3n) is 2.08. The van der Waals surface area contributed by atoms with E-state index >= 15 is 0 Å². The van der Waals surface area contributed by atoms with Crippen molar-refractivity contribution in [1.82, 2.24) is 4.57 Å². The number of hydrogen-bond donors (Lipinski definition) is 0. The predicted octanol–water partition coefficient (Wildman–Crippen LogP) is -3.25. The van der Waals surface area contributed by atoms with Gasteiger partial charge in [-0.2, -0.15) is 17.5 Å². The molecule has 1 aromatic carbocycles. The van der Waals surface area contributed by atoms with Crippen LogP contribution in [0.3, 0.4) is 0 Å². The zero-order valence-electron chi connectivity index (χ0n) is 9.76. The number of benzene rings is 1. The van der Waals surface area contributed by atoms with Crippen molar-refractivity contribution in [3.63, 3.8) is 0 Å². The van der Waals surface area contributed by atoms with Crippen LogP contribution in [0.4, 0.5) is 0 Å². The quantitative estimate of drug-likeness (QED) is 0.335. The summed E-state index contributed by atoms with van der Waals surface area (Å²) in [7, 11) is 2.06. The number of aromatic nitrogens is 1. The zero-order valence-corrected chi connectivity index (χ0v) is 16.0. The fourth-order valence-corrected chi connectivity index (χ4v) is 1.33. The summed E-state index contributed by atoms with van der Waals surface area (Å²) in [6, 6.07) is 11.6. The van der Waals surface area contributed by atoms with Crippen molar-refractivity contribution in [2.24, 2.45) is 7.05 Å². The maximum absolute atomic E-state index is 3.29. The van der Waals surface area contributed by atoms with Gasteiger partial charge in [-0.15, -0.1) is 6.07 Å². The van der Waals surface area contributed by atoms with Gasteiger partial charge < -0.3 is 12.0 Å². The van der Waals surface area contributed by atoms with E-state index in [9.17, 15) is 0 Å². The molecule has 2 rings (SSSR count). The molecule has 0 aliphatic heterocycles. The molecular weight excluding hydrogens is 224 g/mol. The summed E-state index contributed by atoms with van der Waals surface area (Å²) in [5.41, 5.74) is 2.44. The van der Waals surface area contributed by atoms with Crippen LogP contribution in [0, 0.1) is 20.4 Å². The summed E-state index contributed by atoms with van der Waals surface area (Å²) < 4.78 is 2.15. The average Bonchev–Trinajstić information content (AvgIpc) is 2.30. The van der Waals surface area contributed by atoms with Crippen molar-refractivity contribution >= 4 is 10.9 Å². The van der Waals surface area contributed by atoms with Gasteiger partial charge in [0.15, 0.2) is 0 Å². The molecule has 0 bridgehead atoms. The Bertz CT molecular complexity index is 393. The molecule has 2 aromatic rings. The van der Waals surface area contributed by atoms with Gasteiger partial charge in [0.05, 0.1) is 0 Å². The van der Waals surface area contributed by atoms with Crippen molar-refractivity contribution < 1.29 is 103 Å². The van der Waals surface area contributed by atoms with E-state index in [1.807, 2.05) is 6.07 Å². The third-order valence-corrected chi connectivity index (χ3v) is 2.08. The van der Waals surface area contributed by atoms with Crippen LogP contribution >= 0.6 is 0 Å². The molecule has 0 radical (unpaired) electrons. The van der Waals surface area contributed by atoms with E-state index in [0.717, 1.165) is 0 Å². The van der Waals surface area contributed by atoms with Gasteiger partial charge in [0.25, 0.3) is 0 Å². The number of aryl methyl sites for hydroxylation is 2. The molecule has 14 heavy (non-hydrogen) atoms. The number of hydrogen-bond acceptors (Lipinski definition) is 0. The van der Waals surface area contributed by atoms with Crippen LogP contribution in [0.2, 0.25) is 0 Å². The second-order valence-corrected chi connectivity index (χ2v) is 2.79. The first-order chi connectivity index (χ1) is 5.29. The molecule has 1 heterocycles. The molecule has 0 saturated carbocycles. The Kier molecular flexibility index (Phi) is 10.7. The zero-order chi connectivity index (χ0) is 7.84. The van der Waals surface area contributed by atoms with Gasteiger partial charge in [-0.1, -0.05) is 23.3 Å². The van der Waals surface area contributed by atoms with Crippen molar-refractivity contribution in [3.8, 4) is 0 Å². The molecule has 0 atom stereocenters. The molecule has 0 unspecified atom stereocenters. The summed E-state index contributed by atoms with van der Waals surface area (Å²) in [6.45, 7) is 2.07. The second kappa shape index (κ2) is 8.17. The van der Waals surface area contributed by atoms with Gasteiger partial charge in [-0.25, -0.2) is 0 Å². The largest absolute Gasteiger partial charge is 1.00 e. The minimum atomic E-state index is 0.